The number of aryl methyl sites for hydroxylation is 1. The maximum absolute atomic E-state index is 12.9. The molecule has 4 fully saturated rings. The number of carboxylic acid groups (broad SMARTS) is 1. The number of ether oxygens (including phenoxy) is 1. The lowest BCUT2D eigenvalue weighted by Crippen LogP contribution is -2.68. The van der Waals surface area contributed by atoms with Crippen molar-refractivity contribution in [2.75, 3.05) is 31.1 Å². The minimum Gasteiger partial charge on any atom is -0.479 e. The molecule has 2 amide bonds. The number of carbonyl (C=O) groups excluding carboxylic acids is 2. The van der Waals surface area contributed by atoms with Crippen molar-refractivity contribution in [1.82, 2.24) is 24.8 Å². The first-order valence-electron chi connectivity index (χ1n) is 12.8. The quantitative estimate of drug-likeness (QED) is 0.633. The van der Waals surface area contributed by atoms with Crippen LogP contribution in [0.4, 0.5) is 5.69 Å². The first kappa shape index (κ1) is 23.2. The lowest BCUT2D eigenvalue weighted by Gasteiger charge is -2.59. The van der Waals surface area contributed by atoms with Crippen LogP contribution in [-0.2, 0) is 14.3 Å². The van der Waals surface area contributed by atoms with Gasteiger partial charge in [0.2, 0.25) is 5.82 Å². The largest absolute Gasteiger partial charge is 0.479 e. The Morgan fingerprint density at radius 1 is 1.17 bits per heavy atom. The van der Waals surface area contributed by atoms with Gasteiger partial charge < -0.3 is 25.0 Å². The van der Waals surface area contributed by atoms with Gasteiger partial charge in [-0.15, -0.1) is 5.10 Å². The third-order valence-corrected chi connectivity index (χ3v) is 8.22. The number of fused-ring (bicyclic) bond motifs is 1. The molecule has 5 heterocycles. The van der Waals surface area contributed by atoms with E-state index in [0.717, 1.165) is 37.2 Å². The van der Waals surface area contributed by atoms with Crippen LogP contribution < -0.4 is 10.2 Å². The van der Waals surface area contributed by atoms with Crippen LogP contribution in [0.3, 0.4) is 0 Å². The highest BCUT2D eigenvalue weighted by Crippen LogP contribution is 2.49. The Balaban J connectivity index is 1.02. The maximum Gasteiger partial charge on any atom is 0.332 e. The molecule has 3 saturated heterocycles. The molecule has 11 heteroatoms. The molecule has 2 aromatic rings. The highest BCUT2D eigenvalue weighted by molar-refractivity contribution is 5.91. The summed E-state index contributed by atoms with van der Waals surface area (Å²) in [4.78, 5) is 45.1. The van der Waals surface area contributed by atoms with E-state index in [1.165, 1.54) is 6.42 Å². The maximum atomic E-state index is 12.9. The molecular weight excluding hydrogens is 464 g/mol. The highest BCUT2D eigenvalue weighted by atomic mass is 16.5. The summed E-state index contributed by atoms with van der Waals surface area (Å²) in [5.74, 6) is -0.572. The van der Waals surface area contributed by atoms with Gasteiger partial charge in [-0.2, -0.15) is 0 Å². The summed E-state index contributed by atoms with van der Waals surface area (Å²) in [5.41, 5.74) is 2.81. The number of carboxylic acids is 1. The molecule has 2 aromatic heterocycles. The average Bonchev–Trinajstić information content (AvgIpc) is 3.52. The Kier molecular flexibility index (Phi) is 5.43. The molecule has 3 atom stereocenters. The van der Waals surface area contributed by atoms with Crippen molar-refractivity contribution >= 4 is 29.1 Å². The molecule has 192 valence electrons. The second kappa shape index (κ2) is 8.43. The fraction of sp³-hybridized carbons (Fsp3) is 0.640. The van der Waals surface area contributed by atoms with Crippen molar-refractivity contribution in [3.63, 3.8) is 0 Å². The Bertz CT molecular complexity index is 1230. The second-order valence-corrected chi connectivity index (χ2v) is 11.2. The van der Waals surface area contributed by atoms with Gasteiger partial charge in [0.1, 0.15) is 6.10 Å². The first-order valence-corrected chi connectivity index (χ1v) is 12.8. The monoisotopic (exact) mass is 496 g/mol. The predicted molar refractivity (Wildman–Crippen MR) is 129 cm³/mol. The van der Waals surface area contributed by atoms with E-state index in [1.54, 1.807) is 9.42 Å². The van der Waals surface area contributed by atoms with Crippen LogP contribution >= 0.6 is 0 Å². The molecule has 0 aromatic carbocycles. The number of nitrogens with zero attached hydrogens (tertiary/aromatic N) is 5. The Labute approximate surface area is 208 Å². The highest BCUT2D eigenvalue weighted by Gasteiger charge is 2.55. The van der Waals surface area contributed by atoms with Crippen molar-refractivity contribution in [3.8, 4) is 0 Å². The van der Waals surface area contributed by atoms with Crippen LogP contribution in [0.15, 0.2) is 12.3 Å². The van der Waals surface area contributed by atoms with Crippen LogP contribution in [0, 0.1) is 18.3 Å². The molecule has 11 nitrogen and oxygen atoms in total. The van der Waals surface area contributed by atoms with E-state index >= 15 is 0 Å². The van der Waals surface area contributed by atoms with Gasteiger partial charge in [-0.1, -0.05) is 6.92 Å². The van der Waals surface area contributed by atoms with Gasteiger partial charge in [0.05, 0.1) is 11.9 Å². The van der Waals surface area contributed by atoms with Gasteiger partial charge in [0, 0.05) is 37.6 Å². The zero-order chi connectivity index (χ0) is 25.2. The summed E-state index contributed by atoms with van der Waals surface area (Å²) in [6, 6.07) is 2.14. The SMILES string of the molecule is Cc1cc(N2CCC(C)C2)cn2nc(C(=O)NC3CC4(C3)CN(C(=O)C3CCC(C(=O)O)O3)C4)nc12. The lowest BCUT2D eigenvalue weighted by atomic mass is 9.60. The van der Waals surface area contributed by atoms with E-state index in [0.29, 0.717) is 37.5 Å². The summed E-state index contributed by atoms with van der Waals surface area (Å²) < 4.78 is 7.10. The normalized spacial score (nSPS) is 27.3. The summed E-state index contributed by atoms with van der Waals surface area (Å²) in [5, 5.41) is 16.6. The fourth-order valence-corrected chi connectivity index (χ4v) is 6.29. The minimum absolute atomic E-state index is 0.0308. The van der Waals surface area contributed by atoms with Crippen LogP contribution in [0.5, 0.6) is 0 Å². The van der Waals surface area contributed by atoms with Crippen LogP contribution in [0.2, 0.25) is 0 Å². The number of nitrogens with one attached hydrogen (secondary N) is 1. The summed E-state index contributed by atoms with van der Waals surface area (Å²) in [6.07, 6.45) is 4.01. The molecule has 3 aliphatic heterocycles. The van der Waals surface area contributed by atoms with Crippen molar-refractivity contribution in [2.45, 2.75) is 64.2 Å². The average molecular weight is 497 g/mol. The van der Waals surface area contributed by atoms with Gasteiger partial charge in [-0.3, -0.25) is 9.59 Å². The predicted octanol–water partition coefficient (Wildman–Crippen LogP) is 1.24. The van der Waals surface area contributed by atoms with E-state index < -0.39 is 18.2 Å². The van der Waals surface area contributed by atoms with E-state index in [1.807, 2.05) is 13.1 Å². The van der Waals surface area contributed by atoms with Gasteiger partial charge in [0.25, 0.3) is 11.8 Å². The van der Waals surface area contributed by atoms with Crippen molar-refractivity contribution in [2.24, 2.45) is 11.3 Å². The van der Waals surface area contributed by atoms with Crippen molar-refractivity contribution in [3.05, 3.63) is 23.7 Å². The summed E-state index contributed by atoms with van der Waals surface area (Å²) >= 11 is 0. The van der Waals surface area contributed by atoms with Gasteiger partial charge in [-0.25, -0.2) is 14.3 Å². The third-order valence-electron chi connectivity index (χ3n) is 8.22. The number of pyridine rings is 1. The molecule has 3 unspecified atom stereocenters. The number of rotatable bonds is 5. The zero-order valence-electron chi connectivity index (χ0n) is 20.6. The van der Waals surface area contributed by atoms with Crippen LogP contribution in [0.25, 0.3) is 5.65 Å². The third kappa shape index (κ3) is 3.99. The number of likely N-dealkylation sites (tertiary alicyclic amines) is 1. The number of hydrogen-bond acceptors (Lipinski definition) is 7. The minimum atomic E-state index is -1.01. The number of hydrogen-bond donors (Lipinski definition) is 2. The number of amides is 2. The molecule has 6 rings (SSSR count). The number of aromatic nitrogens is 3. The molecule has 4 aliphatic rings. The Hall–Kier alpha value is -3.21. The lowest BCUT2D eigenvalue weighted by molar-refractivity contribution is -0.166. The van der Waals surface area contributed by atoms with Gasteiger partial charge in [-0.05, 0) is 56.6 Å². The summed E-state index contributed by atoms with van der Waals surface area (Å²) in [7, 11) is 0. The van der Waals surface area contributed by atoms with E-state index in [9.17, 15) is 14.4 Å². The van der Waals surface area contributed by atoms with Gasteiger partial charge >= 0.3 is 5.97 Å². The molecule has 36 heavy (non-hydrogen) atoms. The number of anilines is 1. The van der Waals surface area contributed by atoms with E-state index in [4.69, 9.17) is 9.84 Å². The topological polar surface area (TPSA) is 129 Å². The van der Waals surface area contributed by atoms with Crippen LogP contribution in [-0.4, -0.2) is 86.8 Å². The number of carbonyl (C=O) groups is 3. The van der Waals surface area contributed by atoms with E-state index in [2.05, 4.69) is 33.3 Å². The molecule has 2 N–H and O–H groups in total. The fourth-order valence-electron chi connectivity index (χ4n) is 6.29. The zero-order valence-corrected chi connectivity index (χ0v) is 20.6. The van der Waals surface area contributed by atoms with Crippen LogP contribution in [0.1, 0.15) is 55.2 Å². The first-order chi connectivity index (χ1) is 17.2. The van der Waals surface area contributed by atoms with Crippen molar-refractivity contribution < 1.29 is 24.2 Å². The van der Waals surface area contributed by atoms with E-state index in [-0.39, 0.29) is 29.1 Å². The molecule has 0 radical (unpaired) electrons. The Morgan fingerprint density at radius 2 is 1.92 bits per heavy atom. The van der Waals surface area contributed by atoms with Gasteiger partial charge in [0.15, 0.2) is 11.8 Å². The molecule has 1 aliphatic carbocycles. The molecule has 1 saturated carbocycles. The molecule has 1 spiro atoms. The smallest absolute Gasteiger partial charge is 0.332 e. The number of aliphatic carboxylic acids is 1. The standard InChI is InChI=1S/C25H32N6O5/c1-14-5-6-29(10-14)17-7-15(2)21-27-20(28-31(21)11-17)22(32)26-16-8-25(9-16)12-30(13-25)23(33)18-3-4-19(36-18)24(34)35/h7,11,14,16,18-19H,3-6,8-10,12-13H2,1-2H3,(H,26,32)(H,34,35). The molecular formula is C25H32N6O5. The molecule has 0 bridgehead atoms. The van der Waals surface area contributed by atoms with Crippen molar-refractivity contribution in [1.29, 1.82) is 0 Å². The second-order valence-electron chi connectivity index (χ2n) is 11.2. The summed E-state index contributed by atoms with van der Waals surface area (Å²) in [6.45, 7) is 7.55. The Morgan fingerprint density at radius 3 is 2.58 bits per heavy atom.